The van der Waals surface area contributed by atoms with Crippen LogP contribution in [0.4, 0.5) is 0 Å². The minimum atomic E-state index is 0.439. The maximum atomic E-state index is 3.40. The zero-order chi connectivity index (χ0) is 11.3. The average Bonchev–Trinajstić information content (AvgIpc) is 2.19. The van der Waals surface area contributed by atoms with Crippen LogP contribution in [-0.4, -0.2) is 32.6 Å². The lowest BCUT2D eigenvalue weighted by Crippen LogP contribution is -2.30. The van der Waals surface area contributed by atoms with Gasteiger partial charge in [-0.1, -0.05) is 37.3 Å². The van der Waals surface area contributed by atoms with E-state index in [1.54, 1.807) is 0 Å². The normalized spacial score (nSPS) is 15.3. The molecular weight excluding hydrogens is 184 g/mol. The van der Waals surface area contributed by atoms with Gasteiger partial charge in [0.15, 0.2) is 0 Å². The molecule has 0 aliphatic carbocycles. The summed E-state index contributed by atoms with van der Waals surface area (Å²) < 4.78 is 0. The first kappa shape index (κ1) is 12.2. The fourth-order valence-corrected chi connectivity index (χ4v) is 2.12. The molecule has 0 saturated heterocycles. The summed E-state index contributed by atoms with van der Waals surface area (Å²) in [5, 5.41) is 3.40. The van der Waals surface area contributed by atoms with Crippen molar-refractivity contribution in [1.82, 2.24) is 10.2 Å². The smallest absolute Gasteiger partial charge is 0.0355 e. The molecule has 1 N–H and O–H groups in total. The van der Waals surface area contributed by atoms with Gasteiger partial charge in [-0.2, -0.15) is 0 Å². The van der Waals surface area contributed by atoms with Gasteiger partial charge in [0, 0.05) is 12.6 Å². The molecule has 0 bridgehead atoms. The van der Waals surface area contributed by atoms with Gasteiger partial charge in [-0.15, -0.1) is 0 Å². The summed E-state index contributed by atoms with van der Waals surface area (Å²) in [6.45, 7) is 3.38. The van der Waals surface area contributed by atoms with E-state index in [9.17, 15) is 0 Å². The van der Waals surface area contributed by atoms with Crippen molar-refractivity contribution in [1.29, 1.82) is 0 Å². The van der Waals surface area contributed by atoms with Crippen LogP contribution < -0.4 is 5.32 Å². The maximum Gasteiger partial charge on any atom is 0.0355 e. The highest BCUT2D eigenvalue weighted by Crippen LogP contribution is 2.21. The molecule has 2 heteroatoms. The number of rotatable bonds is 5. The third-order valence-corrected chi connectivity index (χ3v) is 2.69. The zero-order valence-corrected chi connectivity index (χ0v) is 10.2. The van der Waals surface area contributed by atoms with E-state index in [1.165, 1.54) is 5.56 Å². The second-order valence-corrected chi connectivity index (χ2v) is 4.42. The molecule has 0 aromatic heterocycles. The second kappa shape index (κ2) is 5.89. The molecule has 1 aromatic rings. The summed E-state index contributed by atoms with van der Waals surface area (Å²) in [5.41, 5.74) is 1.37. The highest BCUT2D eigenvalue weighted by molar-refractivity contribution is 5.19. The molecule has 2 atom stereocenters. The van der Waals surface area contributed by atoms with E-state index in [1.807, 2.05) is 7.05 Å². The van der Waals surface area contributed by atoms with Crippen LogP contribution in [-0.2, 0) is 0 Å². The average molecular weight is 206 g/mol. The lowest BCUT2D eigenvalue weighted by Gasteiger charge is -2.26. The van der Waals surface area contributed by atoms with E-state index in [2.05, 4.69) is 61.6 Å². The highest BCUT2D eigenvalue weighted by Gasteiger charge is 2.17. The van der Waals surface area contributed by atoms with Gasteiger partial charge < -0.3 is 10.2 Å². The van der Waals surface area contributed by atoms with Crippen LogP contribution in [0.1, 0.15) is 18.5 Å². The lowest BCUT2D eigenvalue weighted by molar-refractivity contribution is 0.289. The van der Waals surface area contributed by atoms with Gasteiger partial charge in [-0.3, -0.25) is 0 Å². The van der Waals surface area contributed by atoms with Crippen molar-refractivity contribution in [2.75, 3.05) is 27.7 Å². The minimum Gasteiger partial charge on any atom is -0.313 e. The van der Waals surface area contributed by atoms with Crippen LogP contribution in [0.5, 0.6) is 0 Å². The molecule has 1 aromatic carbocycles. The van der Waals surface area contributed by atoms with Crippen LogP contribution in [0.3, 0.4) is 0 Å². The molecule has 0 heterocycles. The largest absolute Gasteiger partial charge is 0.313 e. The van der Waals surface area contributed by atoms with E-state index in [0.29, 0.717) is 12.0 Å². The Morgan fingerprint density at radius 3 is 2.27 bits per heavy atom. The maximum absolute atomic E-state index is 3.40. The van der Waals surface area contributed by atoms with Crippen molar-refractivity contribution < 1.29 is 0 Å². The van der Waals surface area contributed by atoms with Gasteiger partial charge in [0.05, 0.1) is 0 Å². The molecule has 0 aliphatic rings. The Morgan fingerprint density at radius 1 is 1.20 bits per heavy atom. The summed E-state index contributed by atoms with van der Waals surface area (Å²) in [6.07, 6.45) is 0. The van der Waals surface area contributed by atoms with Crippen LogP contribution >= 0.6 is 0 Å². The Balaban J connectivity index is 2.71. The van der Waals surface area contributed by atoms with E-state index >= 15 is 0 Å². The van der Waals surface area contributed by atoms with Crippen LogP contribution in [0.2, 0.25) is 0 Å². The van der Waals surface area contributed by atoms with Crippen molar-refractivity contribution in [3.05, 3.63) is 35.9 Å². The quantitative estimate of drug-likeness (QED) is 0.794. The Hall–Kier alpha value is -0.860. The number of hydrogen-bond acceptors (Lipinski definition) is 2. The van der Waals surface area contributed by atoms with E-state index in [-0.39, 0.29) is 0 Å². The van der Waals surface area contributed by atoms with Gasteiger partial charge in [-0.25, -0.2) is 0 Å². The summed E-state index contributed by atoms with van der Waals surface area (Å²) in [6, 6.07) is 11.1. The molecule has 0 amide bonds. The first-order chi connectivity index (χ1) is 7.15. The van der Waals surface area contributed by atoms with Gasteiger partial charge in [0.25, 0.3) is 0 Å². The van der Waals surface area contributed by atoms with Gasteiger partial charge >= 0.3 is 0 Å². The topological polar surface area (TPSA) is 15.3 Å². The third kappa shape index (κ3) is 3.65. The van der Waals surface area contributed by atoms with E-state index in [4.69, 9.17) is 0 Å². The molecule has 2 nitrogen and oxygen atoms in total. The number of nitrogens with zero attached hydrogens (tertiary/aromatic N) is 1. The fourth-order valence-electron chi connectivity index (χ4n) is 2.12. The summed E-state index contributed by atoms with van der Waals surface area (Å²) in [4.78, 5) is 2.23. The van der Waals surface area contributed by atoms with Crippen molar-refractivity contribution in [2.45, 2.75) is 13.0 Å². The molecule has 0 spiro atoms. The Kier molecular flexibility index (Phi) is 4.79. The molecule has 15 heavy (non-hydrogen) atoms. The standard InChI is InChI=1S/C13H22N2/c1-11(10-15(3)4)13(14-2)12-8-6-5-7-9-12/h5-9,11,13-14H,10H2,1-4H3/t11-,13+/m0/s1. The first-order valence-electron chi connectivity index (χ1n) is 5.52. The van der Waals surface area contributed by atoms with Crippen molar-refractivity contribution in [3.63, 3.8) is 0 Å². The van der Waals surface area contributed by atoms with Crippen LogP contribution in [0.15, 0.2) is 30.3 Å². The monoisotopic (exact) mass is 206 g/mol. The van der Waals surface area contributed by atoms with E-state index in [0.717, 1.165) is 6.54 Å². The number of hydrogen-bond donors (Lipinski definition) is 1. The number of benzene rings is 1. The molecule has 0 aliphatic heterocycles. The van der Waals surface area contributed by atoms with Gasteiger partial charge in [-0.05, 0) is 32.6 Å². The number of nitrogens with one attached hydrogen (secondary N) is 1. The van der Waals surface area contributed by atoms with Crippen molar-refractivity contribution in [2.24, 2.45) is 5.92 Å². The molecule has 1 rings (SSSR count). The molecule has 0 unspecified atom stereocenters. The Morgan fingerprint density at radius 2 is 1.80 bits per heavy atom. The minimum absolute atomic E-state index is 0.439. The SMILES string of the molecule is CN[C@@H](c1ccccc1)[C@@H](C)CN(C)C. The Bertz CT molecular complexity index is 269. The molecule has 0 saturated carbocycles. The summed E-state index contributed by atoms with van der Waals surface area (Å²) in [5.74, 6) is 0.604. The Labute approximate surface area is 93.3 Å². The first-order valence-corrected chi connectivity index (χ1v) is 5.52. The highest BCUT2D eigenvalue weighted by atomic mass is 15.1. The molecule has 0 fully saturated rings. The van der Waals surface area contributed by atoms with Gasteiger partial charge in [0.2, 0.25) is 0 Å². The summed E-state index contributed by atoms with van der Waals surface area (Å²) >= 11 is 0. The van der Waals surface area contributed by atoms with Crippen molar-refractivity contribution >= 4 is 0 Å². The molecular formula is C13H22N2. The zero-order valence-electron chi connectivity index (χ0n) is 10.2. The van der Waals surface area contributed by atoms with Crippen molar-refractivity contribution in [3.8, 4) is 0 Å². The second-order valence-electron chi connectivity index (χ2n) is 4.42. The van der Waals surface area contributed by atoms with Crippen LogP contribution in [0.25, 0.3) is 0 Å². The van der Waals surface area contributed by atoms with E-state index < -0.39 is 0 Å². The third-order valence-electron chi connectivity index (χ3n) is 2.69. The lowest BCUT2D eigenvalue weighted by atomic mass is 9.94. The van der Waals surface area contributed by atoms with Gasteiger partial charge in [0.1, 0.15) is 0 Å². The molecule has 0 radical (unpaired) electrons. The predicted octanol–water partition coefficient (Wildman–Crippen LogP) is 2.14. The fraction of sp³-hybridized carbons (Fsp3) is 0.538. The van der Waals surface area contributed by atoms with Crippen LogP contribution in [0, 0.1) is 5.92 Å². The predicted molar refractivity (Wildman–Crippen MR) is 66.0 cm³/mol. The molecule has 84 valence electrons. The summed E-state index contributed by atoms with van der Waals surface area (Å²) in [7, 11) is 6.27.